The van der Waals surface area contributed by atoms with Gasteiger partial charge < -0.3 is 10.2 Å². The zero-order valence-electron chi connectivity index (χ0n) is 14.4. The van der Waals surface area contributed by atoms with E-state index in [1.807, 2.05) is 47.5 Å². The number of hydrogen-bond donors (Lipinski definition) is 1. The van der Waals surface area contributed by atoms with E-state index in [0.717, 1.165) is 42.8 Å². The number of rotatable bonds is 5. The normalized spacial score (nSPS) is 18.4. The number of likely N-dealkylation sites (tertiary alicyclic amines) is 1. The van der Waals surface area contributed by atoms with Crippen molar-refractivity contribution >= 4 is 11.7 Å². The fourth-order valence-electron chi connectivity index (χ4n) is 3.22. The molecule has 3 rings (SSSR count). The molecule has 0 radical (unpaired) electrons. The minimum absolute atomic E-state index is 0.0953. The van der Waals surface area contributed by atoms with Crippen molar-refractivity contribution in [2.45, 2.75) is 45.2 Å². The predicted molar refractivity (Wildman–Crippen MR) is 97.1 cm³/mol. The van der Waals surface area contributed by atoms with Gasteiger partial charge in [-0.2, -0.15) is 0 Å². The third-order valence-electron chi connectivity index (χ3n) is 4.73. The fraction of sp³-hybridized carbons (Fsp3) is 0.400. The highest BCUT2D eigenvalue weighted by Gasteiger charge is 2.32. The van der Waals surface area contributed by atoms with Gasteiger partial charge in [0.1, 0.15) is 5.82 Å². The Bertz CT molecular complexity index is 686. The molecule has 4 heteroatoms. The second-order valence-electron chi connectivity index (χ2n) is 6.42. The van der Waals surface area contributed by atoms with Crippen LogP contribution in [0.15, 0.2) is 48.7 Å². The number of amides is 1. The van der Waals surface area contributed by atoms with Crippen molar-refractivity contribution in [3.05, 3.63) is 59.8 Å². The molecule has 0 saturated carbocycles. The number of benzene rings is 1. The molecule has 1 aromatic heterocycles. The van der Waals surface area contributed by atoms with E-state index >= 15 is 0 Å². The van der Waals surface area contributed by atoms with Crippen LogP contribution >= 0.6 is 0 Å². The van der Waals surface area contributed by atoms with Crippen molar-refractivity contribution in [1.29, 1.82) is 0 Å². The molecule has 1 fully saturated rings. The summed E-state index contributed by atoms with van der Waals surface area (Å²) in [6.07, 6.45) is 4.86. The number of hydrogen-bond acceptors (Lipinski definition) is 3. The lowest BCUT2D eigenvalue weighted by molar-refractivity contribution is 0.0736. The molecule has 0 unspecified atom stereocenters. The van der Waals surface area contributed by atoms with Gasteiger partial charge in [0.2, 0.25) is 0 Å². The molecule has 1 N–H and O–H groups in total. The van der Waals surface area contributed by atoms with Crippen molar-refractivity contribution < 1.29 is 4.79 Å². The lowest BCUT2D eigenvalue weighted by Crippen LogP contribution is -2.31. The third-order valence-corrected chi connectivity index (χ3v) is 4.73. The van der Waals surface area contributed by atoms with Crippen LogP contribution < -0.4 is 5.32 Å². The molecule has 1 aliphatic rings. The Labute approximate surface area is 143 Å². The molecular weight excluding hydrogens is 298 g/mol. The van der Waals surface area contributed by atoms with Crippen LogP contribution in [0.4, 0.5) is 5.82 Å². The highest BCUT2D eigenvalue weighted by Crippen LogP contribution is 2.36. The Kier molecular flexibility index (Phi) is 5.14. The van der Waals surface area contributed by atoms with Crippen LogP contribution in [0.2, 0.25) is 0 Å². The van der Waals surface area contributed by atoms with Crippen LogP contribution in [0.3, 0.4) is 0 Å². The molecule has 1 amide bonds. The van der Waals surface area contributed by atoms with Gasteiger partial charge in [-0.05, 0) is 44.4 Å². The number of carbonyl (C=O) groups is 1. The van der Waals surface area contributed by atoms with Crippen LogP contribution in [0.25, 0.3) is 0 Å². The minimum Gasteiger partial charge on any atom is -0.367 e. The van der Waals surface area contributed by atoms with E-state index in [9.17, 15) is 4.79 Å². The molecule has 2 heterocycles. The minimum atomic E-state index is 0.0953. The summed E-state index contributed by atoms with van der Waals surface area (Å²) in [5, 5.41) is 3.49. The Balaban J connectivity index is 1.87. The first kappa shape index (κ1) is 16.5. The zero-order chi connectivity index (χ0) is 16.9. The molecule has 2 atom stereocenters. The molecule has 1 saturated heterocycles. The Morgan fingerprint density at radius 2 is 2.08 bits per heavy atom. The van der Waals surface area contributed by atoms with Crippen LogP contribution in [-0.2, 0) is 0 Å². The standard InChI is InChI=1S/C20H25N3O/c1-3-15(2)22-19-17(11-7-13-21-19)18-12-8-14-23(18)20(24)16-9-5-4-6-10-16/h4-7,9-11,13,15,18H,3,8,12,14H2,1-2H3,(H,21,22)/t15-,18-/m1/s1. The number of carbonyl (C=O) groups excluding carboxylic acids is 1. The molecule has 0 spiro atoms. The Morgan fingerprint density at radius 3 is 2.83 bits per heavy atom. The van der Waals surface area contributed by atoms with Crippen molar-refractivity contribution in [1.82, 2.24) is 9.88 Å². The second kappa shape index (κ2) is 7.47. The highest BCUT2D eigenvalue weighted by atomic mass is 16.2. The maximum atomic E-state index is 12.9. The quantitative estimate of drug-likeness (QED) is 0.894. The van der Waals surface area contributed by atoms with Crippen LogP contribution in [0, 0.1) is 0 Å². The number of nitrogens with zero attached hydrogens (tertiary/aromatic N) is 2. The lowest BCUT2D eigenvalue weighted by atomic mass is 10.0. The predicted octanol–water partition coefficient (Wildman–Crippen LogP) is 4.27. The van der Waals surface area contributed by atoms with Gasteiger partial charge in [-0.25, -0.2) is 4.98 Å². The summed E-state index contributed by atoms with van der Waals surface area (Å²) in [7, 11) is 0. The van der Waals surface area contributed by atoms with Gasteiger partial charge >= 0.3 is 0 Å². The molecule has 0 bridgehead atoms. The van der Waals surface area contributed by atoms with Crippen molar-refractivity contribution in [3.63, 3.8) is 0 Å². The van der Waals surface area contributed by atoms with Gasteiger partial charge in [0.05, 0.1) is 6.04 Å². The smallest absolute Gasteiger partial charge is 0.254 e. The van der Waals surface area contributed by atoms with Crippen LogP contribution in [-0.4, -0.2) is 28.4 Å². The topological polar surface area (TPSA) is 45.2 Å². The molecule has 24 heavy (non-hydrogen) atoms. The maximum Gasteiger partial charge on any atom is 0.254 e. The number of pyridine rings is 1. The van der Waals surface area contributed by atoms with E-state index in [-0.39, 0.29) is 11.9 Å². The van der Waals surface area contributed by atoms with Gasteiger partial charge in [-0.15, -0.1) is 0 Å². The first-order valence-corrected chi connectivity index (χ1v) is 8.78. The summed E-state index contributed by atoms with van der Waals surface area (Å²) in [5.74, 6) is 1.01. The van der Waals surface area contributed by atoms with Gasteiger partial charge in [0.15, 0.2) is 0 Å². The maximum absolute atomic E-state index is 12.9. The summed E-state index contributed by atoms with van der Waals surface area (Å²) in [6, 6.07) is 14.1. The summed E-state index contributed by atoms with van der Waals surface area (Å²) in [5.41, 5.74) is 1.88. The first-order chi connectivity index (χ1) is 11.7. The summed E-state index contributed by atoms with van der Waals surface area (Å²) < 4.78 is 0. The molecule has 1 aromatic carbocycles. The van der Waals surface area contributed by atoms with Gasteiger partial charge in [-0.1, -0.05) is 31.2 Å². The molecule has 0 aliphatic carbocycles. The second-order valence-corrected chi connectivity index (χ2v) is 6.42. The summed E-state index contributed by atoms with van der Waals surface area (Å²) >= 11 is 0. The van der Waals surface area contributed by atoms with Crippen LogP contribution in [0.1, 0.15) is 55.1 Å². The number of aromatic nitrogens is 1. The number of nitrogens with one attached hydrogen (secondary N) is 1. The molecular formula is C20H25N3O. The summed E-state index contributed by atoms with van der Waals surface area (Å²) in [6.45, 7) is 5.11. The molecule has 4 nitrogen and oxygen atoms in total. The number of anilines is 1. The third kappa shape index (κ3) is 3.42. The van der Waals surface area contributed by atoms with E-state index in [0.29, 0.717) is 6.04 Å². The van der Waals surface area contributed by atoms with E-state index in [1.165, 1.54) is 0 Å². The zero-order valence-corrected chi connectivity index (χ0v) is 14.4. The summed E-state index contributed by atoms with van der Waals surface area (Å²) in [4.78, 5) is 19.4. The fourth-order valence-corrected chi connectivity index (χ4v) is 3.22. The molecule has 1 aliphatic heterocycles. The van der Waals surface area contributed by atoms with Gasteiger partial charge in [-0.3, -0.25) is 4.79 Å². The largest absolute Gasteiger partial charge is 0.367 e. The van der Waals surface area contributed by atoms with Crippen LogP contribution in [0.5, 0.6) is 0 Å². The monoisotopic (exact) mass is 323 g/mol. The molecule has 2 aromatic rings. The highest BCUT2D eigenvalue weighted by molar-refractivity contribution is 5.94. The van der Waals surface area contributed by atoms with Gasteiger partial charge in [0, 0.05) is 29.9 Å². The van der Waals surface area contributed by atoms with E-state index in [4.69, 9.17) is 0 Å². The first-order valence-electron chi connectivity index (χ1n) is 8.78. The SMILES string of the molecule is CC[C@@H](C)Nc1ncccc1[C@H]1CCCN1C(=O)c1ccccc1. The van der Waals surface area contributed by atoms with E-state index < -0.39 is 0 Å². The van der Waals surface area contributed by atoms with E-state index in [2.05, 4.69) is 30.2 Å². The Morgan fingerprint density at radius 1 is 1.29 bits per heavy atom. The van der Waals surface area contributed by atoms with Crippen molar-refractivity contribution in [3.8, 4) is 0 Å². The Hall–Kier alpha value is -2.36. The van der Waals surface area contributed by atoms with Crippen molar-refractivity contribution in [2.75, 3.05) is 11.9 Å². The molecule has 126 valence electrons. The van der Waals surface area contributed by atoms with E-state index in [1.54, 1.807) is 0 Å². The van der Waals surface area contributed by atoms with Crippen molar-refractivity contribution in [2.24, 2.45) is 0 Å². The average molecular weight is 323 g/mol. The average Bonchev–Trinajstić information content (AvgIpc) is 3.11. The lowest BCUT2D eigenvalue weighted by Gasteiger charge is -2.27. The van der Waals surface area contributed by atoms with Gasteiger partial charge in [0.25, 0.3) is 5.91 Å².